The monoisotopic (exact) mass is 289 g/mol. The molecule has 22 heavy (non-hydrogen) atoms. The van der Waals surface area contributed by atoms with E-state index >= 15 is 0 Å². The van der Waals surface area contributed by atoms with E-state index in [-0.39, 0.29) is 5.91 Å². The summed E-state index contributed by atoms with van der Waals surface area (Å²) in [4.78, 5) is 20.6. The fourth-order valence-electron chi connectivity index (χ4n) is 2.13. The van der Waals surface area contributed by atoms with Gasteiger partial charge in [0.15, 0.2) is 0 Å². The van der Waals surface area contributed by atoms with E-state index in [2.05, 4.69) is 15.3 Å². The highest BCUT2D eigenvalue weighted by atomic mass is 16.1. The van der Waals surface area contributed by atoms with Gasteiger partial charge in [-0.2, -0.15) is 0 Å². The molecule has 0 saturated heterocycles. The highest BCUT2D eigenvalue weighted by molar-refractivity contribution is 5.95. The largest absolute Gasteiger partial charge is 0.348 e. The summed E-state index contributed by atoms with van der Waals surface area (Å²) in [5.41, 5.74) is 3.34. The lowest BCUT2D eigenvalue weighted by molar-refractivity contribution is 0.0951. The van der Waals surface area contributed by atoms with Crippen molar-refractivity contribution in [1.82, 2.24) is 15.3 Å². The van der Waals surface area contributed by atoms with Gasteiger partial charge in [-0.15, -0.1) is 0 Å². The fraction of sp³-hybridized carbons (Fsp3) is 0.0556. The van der Waals surface area contributed by atoms with E-state index in [4.69, 9.17) is 0 Å². The molecule has 0 atom stereocenters. The summed E-state index contributed by atoms with van der Waals surface area (Å²) in [6.07, 6.45) is 5.10. The third kappa shape index (κ3) is 3.35. The van der Waals surface area contributed by atoms with Crippen LogP contribution < -0.4 is 5.32 Å². The van der Waals surface area contributed by atoms with Crippen LogP contribution in [0.15, 0.2) is 73.2 Å². The molecule has 2 heterocycles. The molecule has 0 radical (unpaired) electrons. The molecule has 3 rings (SSSR count). The number of rotatable bonds is 4. The molecule has 0 aliphatic carbocycles. The maximum absolute atomic E-state index is 12.2. The van der Waals surface area contributed by atoms with Crippen molar-refractivity contribution in [1.29, 1.82) is 0 Å². The fourth-order valence-corrected chi connectivity index (χ4v) is 2.13. The van der Waals surface area contributed by atoms with Gasteiger partial charge in [-0.3, -0.25) is 14.8 Å². The lowest BCUT2D eigenvalue weighted by Gasteiger charge is -2.06. The number of nitrogens with one attached hydrogen (secondary N) is 1. The van der Waals surface area contributed by atoms with Crippen molar-refractivity contribution in [3.8, 4) is 11.3 Å². The Balaban J connectivity index is 1.73. The standard InChI is InChI=1S/C18H15N3O/c22-18(21-13-14-5-4-9-19-12-14)16-8-10-20-17(11-16)15-6-2-1-3-7-15/h1-12H,13H2,(H,21,22). The molecular weight excluding hydrogens is 274 g/mol. The van der Waals surface area contributed by atoms with Crippen LogP contribution in [-0.4, -0.2) is 15.9 Å². The first-order chi connectivity index (χ1) is 10.8. The van der Waals surface area contributed by atoms with E-state index in [1.54, 1.807) is 30.7 Å². The minimum Gasteiger partial charge on any atom is -0.348 e. The second-order valence-electron chi connectivity index (χ2n) is 4.84. The van der Waals surface area contributed by atoms with Gasteiger partial charge in [0.05, 0.1) is 5.69 Å². The molecular formula is C18H15N3O. The number of hydrogen-bond donors (Lipinski definition) is 1. The molecule has 4 nitrogen and oxygen atoms in total. The lowest BCUT2D eigenvalue weighted by atomic mass is 10.1. The normalized spacial score (nSPS) is 10.2. The van der Waals surface area contributed by atoms with Crippen LogP contribution in [-0.2, 0) is 6.54 Å². The Morgan fingerprint density at radius 2 is 1.86 bits per heavy atom. The Hall–Kier alpha value is -3.01. The van der Waals surface area contributed by atoms with Gasteiger partial charge in [-0.1, -0.05) is 36.4 Å². The number of benzene rings is 1. The van der Waals surface area contributed by atoms with E-state index in [1.807, 2.05) is 42.5 Å². The van der Waals surface area contributed by atoms with Crippen molar-refractivity contribution in [2.24, 2.45) is 0 Å². The van der Waals surface area contributed by atoms with E-state index < -0.39 is 0 Å². The number of carbonyl (C=O) groups is 1. The summed E-state index contributed by atoms with van der Waals surface area (Å²) in [7, 11) is 0. The number of pyridine rings is 2. The van der Waals surface area contributed by atoms with E-state index in [0.717, 1.165) is 16.8 Å². The zero-order valence-corrected chi connectivity index (χ0v) is 11.9. The first kappa shape index (κ1) is 13.9. The number of amides is 1. The van der Waals surface area contributed by atoms with Gasteiger partial charge in [-0.05, 0) is 23.8 Å². The molecule has 3 aromatic rings. The van der Waals surface area contributed by atoms with Crippen molar-refractivity contribution in [2.45, 2.75) is 6.54 Å². The van der Waals surface area contributed by atoms with Gasteiger partial charge in [0.2, 0.25) is 0 Å². The highest BCUT2D eigenvalue weighted by Crippen LogP contribution is 2.17. The second-order valence-corrected chi connectivity index (χ2v) is 4.84. The molecule has 2 aromatic heterocycles. The average molecular weight is 289 g/mol. The molecule has 0 aliphatic heterocycles. The molecule has 0 bridgehead atoms. The summed E-state index contributed by atoms with van der Waals surface area (Å²) in [6.45, 7) is 0.454. The average Bonchev–Trinajstić information content (AvgIpc) is 2.61. The van der Waals surface area contributed by atoms with E-state index in [1.165, 1.54) is 0 Å². The molecule has 0 spiro atoms. The summed E-state index contributed by atoms with van der Waals surface area (Å²) < 4.78 is 0. The van der Waals surface area contributed by atoms with Crippen LogP contribution in [0, 0.1) is 0 Å². The van der Waals surface area contributed by atoms with Crippen molar-refractivity contribution >= 4 is 5.91 Å². The molecule has 1 aromatic carbocycles. The van der Waals surface area contributed by atoms with Crippen molar-refractivity contribution in [3.05, 3.63) is 84.3 Å². The Morgan fingerprint density at radius 1 is 1.00 bits per heavy atom. The third-order valence-corrected chi connectivity index (χ3v) is 3.27. The lowest BCUT2D eigenvalue weighted by Crippen LogP contribution is -2.22. The molecule has 108 valence electrons. The van der Waals surface area contributed by atoms with Crippen LogP contribution in [0.3, 0.4) is 0 Å². The minimum atomic E-state index is -0.122. The Kier molecular flexibility index (Phi) is 4.20. The third-order valence-electron chi connectivity index (χ3n) is 3.27. The van der Waals surface area contributed by atoms with E-state index in [0.29, 0.717) is 12.1 Å². The molecule has 0 aliphatic rings. The van der Waals surface area contributed by atoms with Gasteiger partial charge < -0.3 is 5.32 Å². The van der Waals surface area contributed by atoms with Gasteiger partial charge >= 0.3 is 0 Å². The van der Waals surface area contributed by atoms with Crippen LogP contribution in [0.5, 0.6) is 0 Å². The molecule has 1 amide bonds. The zero-order valence-electron chi connectivity index (χ0n) is 11.9. The number of aromatic nitrogens is 2. The zero-order chi connectivity index (χ0) is 15.2. The van der Waals surface area contributed by atoms with Gasteiger partial charge in [-0.25, -0.2) is 0 Å². The first-order valence-corrected chi connectivity index (χ1v) is 7.01. The molecule has 0 fully saturated rings. The summed E-state index contributed by atoms with van der Waals surface area (Å²) in [5, 5.41) is 2.89. The maximum Gasteiger partial charge on any atom is 0.251 e. The smallest absolute Gasteiger partial charge is 0.251 e. The highest BCUT2D eigenvalue weighted by Gasteiger charge is 2.07. The second kappa shape index (κ2) is 6.63. The van der Waals surface area contributed by atoms with Crippen LogP contribution in [0.4, 0.5) is 0 Å². The first-order valence-electron chi connectivity index (χ1n) is 7.01. The predicted octanol–water partition coefficient (Wildman–Crippen LogP) is 3.07. The van der Waals surface area contributed by atoms with Crippen molar-refractivity contribution in [3.63, 3.8) is 0 Å². The Morgan fingerprint density at radius 3 is 2.64 bits per heavy atom. The number of carbonyl (C=O) groups excluding carboxylic acids is 1. The van der Waals surface area contributed by atoms with Crippen molar-refractivity contribution < 1.29 is 4.79 Å². The van der Waals surface area contributed by atoms with Crippen LogP contribution >= 0.6 is 0 Å². The number of hydrogen-bond acceptors (Lipinski definition) is 3. The maximum atomic E-state index is 12.2. The van der Waals surface area contributed by atoms with E-state index in [9.17, 15) is 4.79 Å². The topological polar surface area (TPSA) is 54.9 Å². The summed E-state index contributed by atoms with van der Waals surface area (Å²) >= 11 is 0. The predicted molar refractivity (Wildman–Crippen MR) is 85.1 cm³/mol. The molecule has 0 unspecified atom stereocenters. The summed E-state index contributed by atoms with van der Waals surface area (Å²) in [5.74, 6) is -0.122. The van der Waals surface area contributed by atoms with Crippen LogP contribution in [0.1, 0.15) is 15.9 Å². The SMILES string of the molecule is O=C(NCc1cccnc1)c1ccnc(-c2ccccc2)c1. The van der Waals surface area contributed by atoms with Gasteiger partial charge in [0.25, 0.3) is 5.91 Å². The molecule has 1 N–H and O–H groups in total. The Bertz CT molecular complexity index is 758. The Labute approximate surface area is 128 Å². The van der Waals surface area contributed by atoms with Gasteiger partial charge in [0, 0.05) is 36.3 Å². The minimum absolute atomic E-state index is 0.122. The molecule has 0 saturated carbocycles. The van der Waals surface area contributed by atoms with Crippen molar-refractivity contribution in [2.75, 3.05) is 0 Å². The van der Waals surface area contributed by atoms with Gasteiger partial charge in [0.1, 0.15) is 0 Å². The molecule has 4 heteroatoms. The van der Waals surface area contributed by atoms with Crippen LogP contribution in [0.2, 0.25) is 0 Å². The summed E-state index contributed by atoms with van der Waals surface area (Å²) in [6, 6.07) is 17.1. The quantitative estimate of drug-likeness (QED) is 0.803. The van der Waals surface area contributed by atoms with Crippen LogP contribution in [0.25, 0.3) is 11.3 Å². The number of nitrogens with zero attached hydrogens (tertiary/aromatic N) is 2.